The van der Waals surface area contributed by atoms with Crippen LogP contribution >= 0.6 is 6.89 Å². The maximum Gasteiger partial charge on any atom is 0.165 e. The molecule has 0 aliphatic carbocycles. The number of rotatable bonds is 5. The molecule has 4 atom stereocenters. The highest BCUT2D eigenvalue weighted by Crippen LogP contribution is 2.40. The lowest BCUT2D eigenvalue weighted by Crippen LogP contribution is -2.31. The Morgan fingerprint density at radius 1 is 1.33 bits per heavy atom. The van der Waals surface area contributed by atoms with Crippen molar-refractivity contribution in [2.45, 2.75) is 31.0 Å². The van der Waals surface area contributed by atoms with Gasteiger partial charge in [-0.2, -0.15) is 0 Å². The fourth-order valence-electron chi connectivity index (χ4n) is 3.00. The molecular formula is C16H25N4O3P. The van der Waals surface area contributed by atoms with E-state index in [0.717, 1.165) is 11.8 Å². The van der Waals surface area contributed by atoms with Crippen LogP contribution in [-0.2, 0) is 4.74 Å². The molecule has 0 aromatic carbocycles. The first-order chi connectivity index (χ1) is 11.3. The van der Waals surface area contributed by atoms with Crippen molar-refractivity contribution in [2.24, 2.45) is 0 Å². The number of hydrogen-bond acceptors (Lipinski definition) is 6. The number of aliphatic hydroxyl groups excluding tert-OH is 2. The standard InChI is InChI=1S/C16H25N4O3P/c1-17-10-5-7-18-15-12(10)19-9-20(15)16-14(22)13(21)11(23-16)6-8-24(2,3)4/h5,7,9,11,13-14,16,21-22H,2,6,8H2,1,3-4H3,(H,17,18)/t11?,13-,14-,16-/m1/s1. The quantitative estimate of drug-likeness (QED) is 0.700. The number of anilines is 1. The minimum Gasteiger partial charge on any atom is -0.388 e. The smallest absolute Gasteiger partial charge is 0.165 e. The van der Waals surface area contributed by atoms with Gasteiger partial charge in [0, 0.05) is 13.2 Å². The predicted octanol–water partition coefficient (Wildman–Crippen LogP) is 1.19. The van der Waals surface area contributed by atoms with E-state index in [0.29, 0.717) is 17.6 Å². The molecule has 0 amide bonds. The number of nitrogens with one attached hydrogen (secondary N) is 1. The van der Waals surface area contributed by atoms with Gasteiger partial charge in [-0.15, -0.1) is 13.2 Å². The predicted molar refractivity (Wildman–Crippen MR) is 98.4 cm³/mol. The van der Waals surface area contributed by atoms with Gasteiger partial charge in [0.15, 0.2) is 11.9 Å². The Labute approximate surface area is 141 Å². The Morgan fingerprint density at radius 2 is 2.08 bits per heavy atom. The topological polar surface area (TPSA) is 92.4 Å². The van der Waals surface area contributed by atoms with Crippen molar-refractivity contribution in [3.63, 3.8) is 0 Å². The molecule has 0 spiro atoms. The van der Waals surface area contributed by atoms with Crippen molar-refractivity contribution in [3.8, 4) is 0 Å². The molecule has 8 heteroatoms. The average Bonchev–Trinajstić information content (AvgIpc) is 3.07. The Hall–Kier alpha value is -1.40. The van der Waals surface area contributed by atoms with E-state index in [4.69, 9.17) is 4.74 Å². The first-order valence-corrected chi connectivity index (χ1v) is 11.1. The second-order valence-corrected chi connectivity index (χ2v) is 11.2. The Morgan fingerprint density at radius 3 is 2.75 bits per heavy atom. The van der Waals surface area contributed by atoms with Gasteiger partial charge < -0.3 is 20.3 Å². The van der Waals surface area contributed by atoms with E-state index >= 15 is 0 Å². The zero-order valence-corrected chi connectivity index (χ0v) is 15.1. The van der Waals surface area contributed by atoms with Crippen molar-refractivity contribution in [3.05, 3.63) is 18.6 Å². The number of ether oxygens (including phenoxy) is 1. The van der Waals surface area contributed by atoms with Crippen LogP contribution in [0.1, 0.15) is 12.6 Å². The number of hydrogen-bond donors (Lipinski definition) is 3. The minimum absolute atomic E-state index is 0.407. The molecule has 132 valence electrons. The fourth-order valence-corrected chi connectivity index (χ4v) is 3.95. The van der Waals surface area contributed by atoms with Crippen LogP contribution in [0.3, 0.4) is 0 Å². The second kappa shape index (κ2) is 6.48. The molecule has 1 aliphatic rings. The van der Waals surface area contributed by atoms with Crippen LogP contribution in [0, 0.1) is 0 Å². The van der Waals surface area contributed by atoms with Gasteiger partial charge in [0.25, 0.3) is 0 Å². The monoisotopic (exact) mass is 352 g/mol. The average molecular weight is 352 g/mol. The summed E-state index contributed by atoms with van der Waals surface area (Å²) >= 11 is 0. The highest BCUT2D eigenvalue weighted by molar-refractivity contribution is 7.72. The molecule has 1 aliphatic heterocycles. The van der Waals surface area contributed by atoms with Crippen molar-refractivity contribution in [1.29, 1.82) is 0 Å². The summed E-state index contributed by atoms with van der Waals surface area (Å²) in [5, 5.41) is 23.9. The largest absolute Gasteiger partial charge is 0.388 e. The molecule has 3 heterocycles. The van der Waals surface area contributed by atoms with E-state index in [1.54, 1.807) is 17.1 Å². The lowest BCUT2D eigenvalue weighted by Gasteiger charge is -2.18. The van der Waals surface area contributed by atoms with Crippen LogP contribution in [0.15, 0.2) is 18.6 Å². The number of pyridine rings is 1. The van der Waals surface area contributed by atoms with Gasteiger partial charge in [0.2, 0.25) is 0 Å². The van der Waals surface area contributed by atoms with Gasteiger partial charge in [-0.3, -0.25) is 4.57 Å². The van der Waals surface area contributed by atoms with Crippen LogP contribution in [0.4, 0.5) is 5.69 Å². The summed E-state index contributed by atoms with van der Waals surface area (Å²) in [4.78, 5) is 8.71. The van der Waals surface area contributed by atoms with E-state index in [2.05, 4.69) is 34.9 Å². The van der Waals surface area contributed by atoms with E-state index < -0.39 is 31.4 Å². The number of aromatic nitrogens is 3. The highest BCUT2D eigenvalue weighted by Gasteiger charge is 2.44. The van der Waals surface area contributed by atoms with Gasteiger partial charge in [0.05, 0.1) is 18.1 Å². The van der Waals surface area contributed by atoms with Crippen LogP contribution in [0.25, 0.3) is 11.2 Å². The van der Waals surface area contributed by atoms with Gasteiger partial charge >= 0.3 is 0 Å². The molecule has 2 aromatic rings. The number of fused-ring (bicyclic) bond motifs is 1. The summed E-state index contributed by atoms with van der Waals surface area (Å²) in [7, 11) is 1.82. The third-order valence-electron chi connectivity index (χ3n) is 4.36. The molecule has 3 rings (SSSR count). The molecule has 2 aromatic heterocycles. The maximum atomic E-state index is 10.4. The van der Waals surface area contributed by atoms with E-state index in [9.17, 15) is 10.2 Å². The normalized spacial score (nSPS) is 27.7. The van der Waals surface area contributed by atoms with Gasteiger partial charge in [-0.25, -0.2) is 9.97 Å². The summed E-state index contributed by atoms with van der Waals surface area (Å²) < 4.78 is 7.65. The molecule has 0 radical (unpaired) electrons. The SMILES string of the molecule is C=P(C)(C)CCC1O[C@@H](n2cnc3c(NC)ccnc32)[C@H](O)[C@@H]1O. The third-order valence-corrected chi connectivity index (χ3v) is 5.83. The molecule has 7 nitrogen and oxygen atoms in total. The minimum atomic E-state index is -1.21. The molecule has 1 saturated heterocycles. The number of aliphatic hydroxyl groups is 2. The van der Waals surface area contributed by atoms with Gasteiger partial charge in [-0.05, 0) is 32.0 Å². The van der Waals surface area contributed by atoms with Crippen molar-refractivity contribution in [1.82, 2.24) is 14.5 Å². The zero-order valence-electron chi connectivity index (χ0n) is 14.3. The first kappa shape index (κ1) is 17.4. The van der Waals surface area contributed by atoms with Gasteiger partial charge in [0.1, 0.15) is 17.7 Å². The Balaban J connectivity index is 1.86. The molecule has 3 N–H and O–H groups in total. The second-order valence-electron chi connectivity index (χ2n) is 6.93. The van der Waals surface area contributed by atoms with E-state index in [1.807, 2.05) is 13.1 Å². The van der Waals surface area contributed by atoms with Crippen LogP contribution in [-0.4, -0.2) is 75.9 Å². The van der Waals surface area contributed by atoms with Crippen LogP contribution in [0.5, 0.6) is 0 Å². The summed E-state index contributed by atoms with van der Waals surface area (Å²) in [6, 6.07) is 1.84. The Bertz CT molecular complexity index is 772. The van der Waals surface area contributed by atoms with E-state index in [1.165, 1.54) is 0 Å². The summed E-state index contributed by atoms with van der Waals surface area (Å²) in [5.74, 6) is 0. The molecule has 1 fully saturated rings. The lowest BCUT2D eigenvalue weighted by atomic mass is 10.1. The lowest BCUT2D eigenvalue weighted by molar-refractivity contribution is -0.0353. The fraction of sp³-hybridized carbons (Fsp3) is 0.562. The number of nitrogens with zero attached hydrogens (tertiary/aromatic N) is 3. The molecule has 0 saturated carbocycles. The van der Waals surface area contributed by atoms with Crippen LogP contribution < -0.4 is 5.32 Å². The summed E-state index contributed by atoms with van der Waals surface area (Å²) in [6.07, 6.45) is 6.00. The highest BCUT2D eigenvalue weighted by atomic mass is 31.2. The number of imidazole rings is 1. The van der Waals surface area contributed by atoms with Crippen molar-refractivity contribution < 1.29 is 14.9 Å². The summed E-state index contributed by atoms with van der Waals surface area (Å²) in [5.41, 5.74) is 2.18. The zero-order chi connectivity index (χ0) is 17.5. The van der Waals surface area contributed by atoms with Crippen LogP contribution in [0.2, 0.25) is 0 Å². The molecule has 24 heavy (non-hydrogen) atoms. The third kappa shape index (κ3) is 3.22. The molecular weight excluding hydrogens is 327 g/mol. The molecule has 0 bridgehead atoms. The van der Waals surface area contributed by atoms with Crippen molar-refractivity contribution in [2.75, 3.05) is 31.9 Å². The van der Waals surface area contributed by atoms with E-state index in [-0.39, 0.29) is 0 Å². The Kier molecular flexibility index (Phi) is 4.71. The van der Waals surface area contributed by atoms with Crippen molar-refractivity contribution >= 4 is 30.0 Å². The summed E-state index contributed by atoms with van der Waals surface area (Å²) in [6.45, 7) is 3.09. The first-order valence-electron chi connectivity index (χ1n) is 8.00. The maximum absolute atomic E-state index is 10.4. The molecule has 1 unspecified atom stereocenters. The van der Waals surface area contributed by atoms with Gasteiger partial charge in [-0.1, -0.05) is 0 Å².